The van der Waals surface area contributed by atoms with Gasteiger partial charge in [0, 0.05) is 37.1 Å². The van der Waals surface area contributed by atoms with E-state index in [1.54, 1.807) is 33.8 Å². The van der Waals surface area contributed by atoms with Crippen molar-refractivity contribution in [2.24, 2.45) is 0 Å². The average molecular weight is 629 g/mol. The monoisotopic (exact) mass is 628 g/mol. The Morgan fingerprint density at radius 3 is 2.35 bits per heavy atom. The van der Waals surface area contributed by atoms with E-state index in [1.165, 1.54) is 0 Å². The Morgan fingerprint density at radius 1 is 0.978 bits per heavy atom. The highest BCUT2D eigenvalue weighted by atomic mass is 16.3. The number of hydrogen-bond donors (Lipinski definition) is 3. The van der Waals surface area contributed by atoms with Crippen LogP contribution in [0.5, 0.6) is 0 Å². The largest absolute Gasteiger partial charge is 0.394 e. The van der Waals surface area contributed by atoms with E-state index in [1.807, 2.05) is 36.1 Å². The Bertz CT molecular complexity index is 1520. The smallest absolute Gasteiger partial charge is 0.319 e. The zero-order valence-electron chi connectivity index (χ0n) is 27.4. The van der Waals surface area contributed by atoms with Gasteiger partial charge in [0.2, 0.25) is 0 Å². The van der Waals surface area contributed by atoms with E-state index in [2.05, 4.69) is 24.5 Å². The van der Waals surface area contributed by atoms with Crippen molar-refractivity contribution in [1.29, 1.82) is 0 Å². The molecular weight excluding hydrogens is 580 g/mol. The highest BCUT2D eigenvalue weighted by Crippen LogP contribution is 2.29. The molecule has 10 nitrogen and oxygen atoms in total. The number of carbonyl (C=O) groups is 3. The van der Waals surface area contributed by atoms with E-state index in [-0.39, 0.29) is 30.5 Å². The van der Waals surface area contributed by atoms with E-state index in [4.69, 9.17) is 5.10 Å². The summed E-state index contributed by atoms with van der Waals surface area (Å²) in [4.78, 5) is 44.5. The molecule has 0 radical (unpaired) electrons. The number of nitrogens with zero attached hydrogens (tertiary/aromatic N) is 4. The molecule has 1 fully saturated rings. The van der Waals surface area contributed by atoms with Crippen molar-refractivity contribution < 1.29 is 19.5 Å². The van der Waals surface area contributed by atoms with Crippen LogP contribution in [0.15, 0.2) is 48.5 Å². The number of benzene rings is 2. The number of urea groups is 1. The summed E-state index contributed by atoms with van der Waals surface area (Å²) in [7, 11) is 0. The molecule has 5 rings (SSSR count). The third kappa shape index (κ3) is 7.61. The summed E-state index contributed by atoms with van der Waals surface area (Å²) < 4.78 is 1.65. The number of aliphatic hydroxyl groups is 1. The van der Waals surface area contributed by atoms with Crippen molar-refractivity contribution >= 4 is 23.5 Å². The number of hydrogen-bond acceptors (Lipinski definition) is 5. The van der Waals surface area contributed by atoms with E-state index < -0.39 is 6.04 Å². The maximum atomic E-state index is 14.5. The van der Waals surface area contributed by atoms with E-state index in [0.717, 1.165) is 62.5 Å². The van der Waals surface area contributed by atoms with Crippen molar-refractivity contribution in [3.63, 3.8) is 0 Å². The number of carbonyl (C=O) groups excluding carboxylic acids is 3. The van der Waals surface area contributed by atoms with Crippen molar-refractivity contribution in [1.82, 2.24) is 24.9 Å². The lowest BCUT2D eigenvalue weighted by Crippen LogP contribution is -2.46. The Labute approximate surface area is 272 Å². The number of anilines is 1. The Hall–Kier alpha value is -4.18. The van der Waals surface area contributed by atoms with Gasteiger partial charge in [-0.2, -0.15) is 5.10 Å². The Balaban J connectivity index is 1.50. The third-order valence-electron chi connectivity index (χ3n) is 9.19. The number of rotatable bonds is 12. The number of fused-ring (bicyclic) bond motifs is 1. The molecule has 0 saturated heterocycles. The third-order valence-corrected chi connectivity index (χ3v) is 9.19. The molecular formula is C36H48N6O4. The maximum absolute atomic E-state index is 14.5. The molecule has 2 heterocycles. The fraction of sp³-hybridized carbons (Fsp3) is 0.500. The molecule has 1 saturated carbocycles. The first-order valence-corrected chi connectivity index (χ1v) is 16.9. The van der Waals surface area contributed by atoms with Gasteiger partial charge >= 0.3 is 6.03 Å². The van der Waals surface area contributed by atoms with E-state index in [0.29, 0.717) is 54.4 Å². The predicted octanol–water partition coefficient (Wildman–Crippen LogP) is 5.85. The van der Waals surface area contributed by atoms with Crippen LogP contribution in [0.4, 0.5) is 10.5 Å². The Kier molecular flexibility index (Phi) is 11.1. The molecule has 0 unspecified atom stereocenters. The molecule has 1 aliphatic heterocycles. The number of aromatic nitrogens is 2. The summed E-state index contributed by atoms with van der Waals surface area (Å²) in [6.07, 6.45) is 8.49. The van der Waals surface area contributed by atoms with Gasteiger partial charge < -0.3 is 25.5 Å². The van der Waals surface area contributed by atoms with Gasteiger partial charge in [-0.1, -0.05) is 63.8 Å². The molecule has 0 spiro atoms. The molecule has 1 atom stereocenters. The molecule has 46 heavy (non-hydrogen) atoms. The fourth-order valence-corrected chi connectivity index (χ4v) is 6.53. The van der Waals surface area contributed by atoms with Crippen LogP contribution < -0.4 is 10.6 Å². The molecule has 3 aromatic rings. The molecule has 1 aromatic heterocycles. The molecule has 2 aromatic carbocycles. The second-order valence-electron chi connectivity index (χ2n) is 12.6. The SMILES string of the molecule is CCCCN(CCCC)C(=O)c1cc(C)n(-c2ccc(NC(=O)NC3CCCC3)cc2C(=O)N2Cc3ccccc3C[C@H]2CO)n1. The quantitative estimate of drug-likeness (QED) is 0.233. The molecule has 246 valence electrons. The summed E-state index contributed by atoms with van der Waals surface area (Å²) in [5.41, 5.74) is 4.52. The van der Waals surface area contributed by atoms with Crippen LogP contribution in [0.1, 0.15) is 103 Å². The van der Waals surface area contributed by atoms with Gasteiger partial charge in [-0.05, 0) is 74.4 Å². The van der Waals surface area contributed by atoms with Crippen molar-refractivity contribution in [3.05, 3.63) is 76.6 Å². The van der Waals surface area contributed by atoms with Gasteiger partial charge in [0.15, 0.2) is 5.69 Å². The average Bonchev–Trinajstić information content (AvgIpc) is 3.72. The summed E-state index contributed by atoms with van der Waals surface area (Å²) in [6.45, 7) is 7.61. The zero-order valence-corrected chi connectivity index (χ0v) is 27.4. The number of amides is 4. The summed E-state index contributed by atoms with van der Waals surface area (Å²) in [5.74, 6) is -0.398. The minimum Gasteiger partial charge on any atom is -0.394 e. The summed E-state index contributed by atoms with van der Waals surface area (Å²) >= 11 is 0. The minimum absolute atomic E-state index is 0.119. The summed E-state index contributed by atoms with van der Waals surface area (Å²) in [5, 5.41) is 21.0. The van der Waals surface area contributed by atoms with Gasteiger partial charge in [0.25, 0.3) is 11.8 Å². The fourth-order valence-electron chi connectivity index (χ4n) is 6.53. The van der Waals surface area contributed by atoms with Crippen LogP contribution in [-0.4, -0.2) is 74.3 Å². The topological polar surface area (TPSA) is 120 Å². The van der Waals surface area contributed by atoms with E-state index in [9.17, 15) is 19.5 Å². The van der Waals surface area contributed by atoms with Crippen molar-refractivity contribution in [2.45, 2.75) is 97.2 Å². The highest BCUT2D eigenvalue weighted by molar-refractivity contribution is 6.00. The molecule has 3 N–H and O–H groups in total. The number of nitrogens with one attached hydrogen (secondary N) is 2. The molecule has 0 bridgehead atoms. The van der Waals surface area contributed by atoms with Crippen molar-refractivity contribution in [2.75, 3.05) is 25.0 Å². The maximum Gasteiger partial charge on any atom is 0.319 e. The lowest BCUT2D eigenvalue weighted by Gasteiger charge is -2.36. The molecule has 1 aliphatic carbocycles. The first kappa shape index (κ1) is 33.2. The van der Waals surface area contributed by atoms with Crippen LogP contribution in [0.25, 0.3) is 5.69 Å². The van der Waals surface area contributed by atoms with Crippen molar-refractivity contribution in [3.8, 4) is 5.69 Å². The van der Waals surface area contributed by atoms with Gasteiger partial charge in [-0.25, -0.2) is 9.48 Å². The van der Waals surface area contributed by atoms with Crippen LogP contribution in [0, 0.1) is 6.92 Å². The Morgan fingerprint density at radius 2 is 1.67 bits per heavy atom. The number of aliphatic hydroxyl groups excluding tert-OH is 1. The molecule has 4 amide bonds. The molecule has 10 heteroatoms. The first-order chi connectivity index (χ1) is 22.3. The zero-order chi connectivity index (χ0) is 32.6. The summed E-state index contributed by atoms with van der Waals surface area (Å²) in [6, 6.07) is 14.4. The second-order valence-corrected chi connectivity index (χ2v) is 12.6. The van der Waals surface area contributed by atoms with Gasteiger partial charge in [0.1, 0.15) is 0 Å². The highest BCUT2D eigenvalue weighted by Gasteiger charge is 2.32. The van der Waals surface area contributed by atoms with Gasteiger partial charge in [-0.3, -0.25) is 9.59 Å². The van der Waals surface area contributed by atoms with Gasteiger partial charge in [0.05, 0.1) is 23.9 Å². The second kappa shape index (κ2) is 15.4. The minimum atomic E-state index is -0.404. The van der Waals surface area contributed by atoms with Crippen LogP contribution in [0.3, 0.4) is 0 Å². The number of unbranched alkanes of at least 4 members (excludes halogenated alkanes) is 2. The lowest BCUT2D eigenvalue weighted by molar-refractivity contribution is 0.0544. The van der Waals surface area contributed by atoms with Crippen LogP contribution in [-0.2, 0) is 13.0 Å². The van der Waals surface area contributed by atoms with Crippen LogP contribution in [0.2, 0.25) is 0 Å². The standard InChI is InChI=1S/C36H48N6O4/c1-4-6-18-40(19-7-5-2)35(45)32-20-25(3)42(39-32)33-17-16-29(38-36(46)37-28-14-10-11-15-28)22-31(33)34(44)41-23-27-13-9-8-12-26(27)21-30(41)24-43/h8-9,12-13,16-17,20,22,28,30,43H,4-7,10-11,14-15,18-19,21,23-24H2,1-3H3,(H2,37,38,46)/t30-/m0/s1. The van der Waals surface area contributed by atoms with Crippen LogP contribution >= 0.6 is 0 Å². The lowest BCUT2D eigenvalue weighted by atomic mass is 9.93. The molecule has 2 aliphatic rings. The van der Waals surface area contributed by atoms with Gasteiger partial charge in [-0.15, -0.1) is 0 Å². The predicted molar refractivity (Wildman–Crippen MR) is 179 cm³/mol. The van der Waals surface area contributed by atoms with E-state index >= 15 is 0 Å². The first-order valence-electron chi connectivity index (χ1n) is 16.9. The normalized spacial score (nSPS) is 16.3. The number of aryl methyl sites for hydroxylation is 1.